The number of hydrogen-bond acceptors (Lipinski definition) is 6. The van der Waals surface area contributed by atoms with Crippen molar-refractivity contribution in [1.82, 2.24) is 0 Å². The van der Waals surface area contributed by atoms with E-state index in [1.807, 2.05) is 20.8 Å². The summed E-state index contributed by atoms with van der Waals surface area (Å²) in [7, 11) is 1.26. The molecule has 1 saturated carbocycles. The van der Waals surface area contributed by atoms with E-state index in [9.17, 15) is 19.8 Å². The lowest BCUT2D eigenvalue weighted by Gasteiger charge is -2.59. The molecule has 6 nitrogen and oxygen atoms in total. The number of aliphatic hydroxyl groups excluding tert-OH is 2. The molecule has 2 N–H and O–H groups in total. The van der Waals surface area contributed by atoms with Gasteiger partial charge in [0.25, 0.3) is 0 Å². The smallest absolute Gasteiger partial charge is 0.376 e. The maximum atomic E-state index is 13.6. The molecule has 1 aliphatic heterocycles. The zero-order chi connectivity index (χ0) is 21.4. The predicted molar refractivity (Wildman–Crippen MR) is 107 cm³/mol. The van der Waals surface area contributed by atoms with Crippen molar-refractivity contribution in [1.29, 1.82) is 0 Å². The molecule has 0 spiro atoms. The molecule has 1 saturated heterocycles. The molecule has 4 rings (SSSR count). The van der Waals surface area contributed by atoms with Crippen LogP contribution in [0.4, 0.5) is 0 Å². The van der Waals surface area contributed by atoms with Gasteiger partial charge in [-0.05, 0) is 56.8 Å². The number of ketones is 1. The summed E-state index contributed by atoms with van der Waals surface area (Å²) < 4.78 is 11.9. The van der Waals surface area contributed by atoms with Crippen molar-refractivity contribution in [3.63, 3.8) is 0 Å². The van der Waals surface area contributed by atoms with Gasteiger partial charge in [-0.1, -0.05) is 19.4 Å². The molecule has 1 radical (unpaired) electrons. The van der Waals surface area contributed by atoms with E-state index in [1.54, 1.807) is 6.92 Å². The molecule has 29 heavy (non-hydrogen) atoms. The Morgan fingerprint density at radius 3 is 2.55 bits per heavy atom. The molecular formula is C22H30BO6. The van der Waals surface area contributed by atoms with Gasteiger partial charge in [-0.25, -0.2) is 0 Å². The molecule has 1 unspecified atom stereocenters. The van der Waals surface area contributed by atoms with Gasteiger partial charge in [0, 0.05) is 11.8 Å². The SMILES string of the molecule is CC(=O)[B]O[C@]12CCC(C)=C([C@@H](O)C(=O)[C@@]3(C)C(=C4COC4C[C@@H]3O)C1)C2(C)C. The molecule has 0 aromatic rings. The highest BCUT2D eigenvalue weighted by Gasteiger charge is 2.62. The van der Waals surface area contributed by atoms with E-state index in [4.69, 9.17) is 9.39 Å². The van der Waals surface area contributed by atoms with E-state index in [1.165, 1.54) is 14.4 Å². The van der Waals surface area contributed by atoms with Crippen LogP contribution < -0.4 is 0 Å². The van der Waals surface area contributed by atoms with E-state index in [-0.39, 0.29) is 17.6 Å². The molecule has 0 aromatic heterocycles. The summed E-state index contributed by atoms with van der Waals surface area (Å²) in [6.07, 6.45) is -0.339. The second-order valence-corrected chi connectivity index (χ2v) is 9.86. The zero-order valence-electron chi connectivity index (χ0n) is 17.9. The zero-order valence-corrected chi connectivity index (χ0v) is 17.9. The summed E-state index contributed by atoms with van der Waals surface area (Å²) in [6, 6.07) is 0. The van der Waals surface area contributed by atoms with Gasteiger partial charge in [0.2, 0.25) is 0 Å². The largest absolute Gasteiger partial charge is 0.425 e. The van der Waals surface area contributed by atoms with E-state index in [2.05, 4.69) is 0 Å². The third-order valence-electron chi connectivity index (χ3n) is 8.07. The molecule has 7 heteroatoms. The number of aliphatic hydroxyl groups is 2. The molecule has 157 valence electrons. The van der Waals surface area contributed by atoms with Crippen LogP contribution in [-0.4, -0.2) is 59.7 Å². The molecule has 3 aliphatic carbocycles. The third kappa shape index (κ3) is 2.70. The number of carbonyl (C=O) groups excluding carboxylic acids is 2. The molecule has 1 heterocycles. The van der Waals surface area contributed by atoms with Crippen molar-refractivity contribution in [3.05, 3.63) is 22.3 Å². The van der Waals surface area contributed by atoms with Gasteiger partial charge in [0.05, 0.1) is 29.8 Å². The Kier molecular flexibility index (Phi) is 4.78. The third-order valence-corrected chi connectivity index (χ3v) is 8.07. The Balaban J connectivity index is 1.95. The van der Waals surface area contributed by atoms with E-state index < -0.39 is 28.6 Å². The lowest BCUT2D eigenvalue weighted by Crippen LogP contribution is -2.63. The van der Waals surface area contributed by atoms with Crippen molar-refractivity contribution < 1.29 is 29.2 Å². The Morgan fingerprint density at radius 2 is 1.97 bits per heavy atom. The first-order valence-electron chi connectivity index (χ1n) is 10.4. The maximum Gasteiger partial charge on any atom is 0.376 e. The van der Waals surface area contributed by atoms with Crippen molar-refractivity contribution in [2.45, 2.75) is 84.2 Å². The van der Waals surface area contributed by atoms with Gasteiger partial charge in [-0.15, -0.1) is 0 Å². The van der Waals surface area contributed by atoms with Crippen LogP contribution in [0.3, 0.4) is 0 Å². The number of allylic oxidation sites excluding steroid dienone is 1. The monoisotopic (exact) mass is 401 g/mol. The summed E-state index contributed by atoms with van der Waals surface area (Å²) in [4.78, 5) is 25.4. The fourth-order valence-corrected chi connectivity index (χ4v) is 6.00. The highest BCUT2D eigenvalue weighted by molar-refractivity contribution is 6.68. The number of Topliss-reactive ketones (excluding diaryl/α,β-unsaturated/α-hetero) is 1. The van der Waals surface area contributed by atoms with Gasteiger partial charge >= 0.3 is 7.48 Å². The summed E-state index contributed by atoms with van der Waals surface area (Å²) in [5, 5.41) is 22.3. The highest BCUT2D eigenvalue weighted by atomic mass is 16.5. The minimum absolute atomic E-state index is 0.185. The lowest BCUT2D eigenvalue weighted by atomic mass is 9.51. The molecule has 2 bridgehead atoms. The molecule has 0 aromatic carbocycles. The minimum Gasteiger partial charge on any atom is -0.425 e. The average Bonchev–Trinajstić information content (AvgIpc) is 2.62. The first kappa shape index (κ1) is 21.0. The normalized spacial score (nSPS) is 41.1. The maximum absolute atomic E-state index is 13.6. The fraction of sp³-hybridized carbons (Fsp3) is 0.727. The Bertz CT molecular complexity index is 842. The van der Waals surface area contributed by atoms with Crippen LogP contribution in [0.1, 0.15) is 60.3 Å². The lowest BCUT2D eigenvalue weighted by molar-refractivity contribution is -0.150. The second-order valence-electron chi connectivity index (χ2n) is 9.86. The minimum atomic E-state index is -1.32. The summed E-state index contributed by atoms with van der Waals surface area (Å²) in [6.45, 7) is 9.53. The van der Waals surface area contributed by atoms with Gasteiger partial charge in [-0.3, -0.25) is 4.79 Å². The van der Waals surface area contributed by atoms with Crippen LogP contribution in [0.2, 0.25) is 0 Å². The van der Waals surface area contributed by atoms with Crippen molar-refractivity contribution in [2.75, 3.05) is 6.61 Å². The van der Waals surface area contributed by atoms with Crippen LogP contribution in [-0.2, 0) is 19.0 Å². The van der Waals surface area contributed by atoms with Crippen molar-refractivity contribution >= 4 is 18.9 Å². The standard InChI is InChI=1S/C22H30BO6/c1-11-6-7-22(29-23-12(2)24)9-14-13-10-28-15(13)8-16(25)21(14,5)19(27)18(26)17(11)20(22,3)4/h15-16,18,25-26H,6-10H2,1-5H3/t15?,16-,18+,21-,22+/m0/s1. The van der Waals surface area contributed by atoms with Crippen molar-refractivity contribution in [3.8, 4) is 0 Å². The molecule has 4 aliphatic rings. The second kappa shape index (κ2) is 6.61. The number of rotatable bonds is 3. The first-order chi connectivity index (χ1) is 13.5. The molecule has 0 amide bonds. The fourth-order valence-electron chi connectivity index (χ4n) is 6.00. The first-order valence-corrected chi connectivity index (χ1v) is 10.4. The van der Waals surface area contributed by atoms with Gasteiger partial charge < -0.3 is 24.4 Å². The number of fused-ring (bicyclic) bond motifs is 4. The molecule has 5 atom stereocenters. The number of hydrogen-bond donors (Lipinski definition) is 2. The quantitative estimate of drug-likeness (QED) is 0.554. The predicted octanol–water partition coefficient (Wildman–Crippen LogP) is 1.84. The Morgan fingerprint density at radius 1 is 1.28 bits per heavy atom. The Labute approximate surface area is 172 Å². The van der Waals surface area contributed by atoms with Crippen LogP contribution in [0.15, 0.2) is 22.3 Å². The van der Waals surface area contributed by atoms with Crippen LogP contribution in [0.5, 0.6) is 0 Å². The van der Waals surface area contributed by atoms with Crippen molar-refractivity contribution in [2.24, 2.45) is 10.8 Å². The summed E-state index contributed by atoms with van der Waals surface area (Å²) >= 11 is 0. The average molecular weight is 401 g/mol. The van der Waals surface area contributed by atoms with Crippen LogP contribution >= 0.6 is 0 Å². The topological polar surface area (TPSA) is 93.1 Å². The number of ether oxygens (including phenoxy) is 1. The highest BCUT2D eigenvalue weighted by Crippen LogP contribution is 2.60. The summed E-state index contributed by atoms with van der Waals surface area (Å²) in [5.74, 6) is -0.355. The number of carbonyl (C=O) groups is 2. The van der Waals surface area contributed by atoms with Gasteiger partial charge in [0.1, 0.15) is 11.8 Å². The molecule has 2 fully saturated rings. The van der Waals surface area contributed by atoms with Gasteiger partial charge in [-0.2, -0.15) is 0 Å². The van der Waals surface area contributed by atoms with Crippen LogP contribution in [0.25, 0.3) is 0 Å². The van der Waals surface area contributed by atoms with E-state index in [0.717, 1.165) is 16.7 Å². The van der Waals surface area contributed by atoms with Crippen LogP contribution in [0, 0.1) is 10.8 Å². The van der Waals surface area contributed by atoms with E-state index in [0.29, 0.717) is 37.9 Å². The van der Waals surface area contributed by atoms with Gasteiger partial charge in [0.15, 0.2) is 5.78 Å². The summed E-state index contributed by atoms with van der Waals surface area (Å²) in [5.41, 5.74) is 0.650. The Hall–Kier alpha value is -1.28. The van der Waals surface area contributed by atoms with E-state index >= 15 is 0 Å². The molecular weight excluding hydrogens is 371 g/mol.